The predicted octanol–water partition coefficient (Wildman–Crippen LogP) is 2.87. The van der Waals surface area contributed by atoms with Crippen LogP contribution in [-0.2, 0) is 0 Å². The summed E-state index contributed by atoms with van der Waals surface area (Å²) in [4.78, 5) is 14.1. The largest absolute Gasteiger partial charge is 0.378 e. The fraction of sp³-hybridized carbons (Fsp3) is 0.357. The molecule has 2 nitrogen and oxygen atoms in total. The second kappa shape index (κ2) is 4.97. The first kappa shape index (κ1) is 10.9. The first-order chi connectivity index (χ1) is 7.77. The second-order valence-corrected chi connectivity index (χ2v) is 4.24. The molecule has 0 bridgehead atoms. The fourth-order valence-electron chi connectivity index (χ4n) is 2.01. The van der Waals surface area contributed by atoms with Crippen molar-refractivity contribution >= 4 is 5.78 Å². The maximum absolute atomic E-state index is 12.0. The van der Waals surface area contributed by atoms with Crippen LogP contribution in [0, 0.1) is 0 Å². The van der Waals surface area contributed by atoms with Crippen molar-refractivity contribution in [3.8, 4) is 0 Å². The summed E-state index contributed by atoms with van der Waals surface area (Å²) in [6.45, 7) is 1.06. The van der Waals surface area contributed by atoms with E-state index in [1.54, 1.807) is 6.08 Å². The quantitative estimate of drug-likeness (QED) is 0.558. The Balaban J connectivity index is 2.14. The van der Waals surface area contributed by atoms with Gasteiger partial charge in [0.25, 0.3) is 0 Å². The Morgan fingerprint density at radius 2 is 2.00 bits per heavy atom. The molecule has 2 rings (SSSR count). The third-order valence-electron chi connectivity index (χ3n) is 3.02. The van der Waals surface area contributed by atoms with E-state index in [0.29, 0.717) is 0 Å². The van der Waals surface area contributed by atoms with Crippen molar-refractivity contribution < 1.29 is 4.79 Å². The summed E-state index contributed by atoms with van der Waals surface area (Å²) in [5.41, 5.74) is 1.94. The van der Waals surface area contributed by atoms with Gasteiger partial charge in [-0.3, -0.25) is 4.79 Å². The van der Waals surface area contributed by atoms with Crippen molar-refractivity contribution in [3.05, 3.63) is 47.7 Å². The maximum atomic E-state index is 12.0. The molecule has 0 saturated carbocycles. The number of benzene rings is 1. The molecular formula is C14H17NO. The highest BCUT2D eigenvalue weighted by atomic mass is 16.1. The molecule has 1 aromatic carbocycles. The number of rotatable bonds is 2. The van der Waals surface area contributed by atoms with E-state index in [1.165, 1.54) is 18.5 Å². The van der Waals surface area contributed by atoms with Gasteiger partial charge in [-0.2, -0.15) is 0 Å². The molecule has 1 aliphatic rings. The molecule has 1 aliphatic heterocycles. The number of piperidine rings is 1. The summed E-state index contributed by atoms with van der Waals surface area (Å²) >= 11 is 0. The minimum absolute atomic E-state index is 0.115. The van der Waals surface area contributed by atoms with E-state index >= 15 is 0 Å². The number of ketones is 1. The van der Waals surface area contributed by atoms with E-state index in [-0.39, 0.29) is 5.78 Å². The lowest BCUT2D eigenvalue weighted by molar-refractivity contribution is 0.104. The topological polar surface area (TPSA) is 20.3 Å². The molecule has 1 aromatic rings. The van der Waals surface area contributed by atoms with E-state index < -0.39 is 0 Å². The Kier molecular flexibility index (Phi) is 3.40. The van der Waals surface area contributed by atoms with Gasteiger partial charge in [0.2, 0.25) is 0 Å². The summed E-state index contributed by atoms with van der Waals surface area (Å²) in [7, 11) is 2.06. The zero-order chi connectivity index (χ0) is 11.4. The third kappa shape index (κ3) is 2.51. The zero-order valence-electron chi connectivity index (χ0n) is 9.65. The Morgan fingerprint density at radius 1 is 1.25 bits per heavy atom. The number of allylic oxidation sites excluding steroid dienone is 2. The Morgan fingerprint density at radius 3 is 2.69 bits per heavy atom. The number of nitrogens with zero attached hydrogens (tertiary/aromatic N) is 1. The lowest BCUT2D eigenvalue weighted by Crippen LogP contribution is -2.24. The van der Waals surface area contributed by atoms with Crippen molar-refractivity contribution in [2.24, 2.45) is 0 Å². The number of hydrogen-bond donors (Lipinski definition) is 0. The molecule has 0 unspecified atom stereocenters. The lowest BCUT2D eigenvalue weighted by atomic mass is 10.0. The van der Waals surface area contributed by atoms with E-state index in [0.717, 1.165) is 18.5 Å². The molecule has 0 atom stereocenters. The minimum Gasteiger partial charge on any atom is -0.378 e. The summed E-state index contributed by atoms with van der Waals surface area (Å²) in [5.74, 6) is 0.115. The van der Waals surface area contributed by atoms with Gasteiger partial charge in [-0.25, -0.2) is 0 Å². The van der Waals surface area contributed by atoms with Crippen LogP contribution >= 0.6 is 0 Å². The zero-order valence-corrected chi connectivity index (χ0v) is 9.65. The van der Waals surface area contributed by atoms with Crippen LogP contribution in [0.25, 0.3) is 0 Å². The van der Waals surface area contributed by atoms with E-state index in [1.807, 2.05) is 30.3 Å². The average Bonchev–Trinajstić information content (AvgIpc) is 2.33. The van der Waals surface area contributed by atoms with Gasteiger partial charge in [-0.1, -0.05) is 30.3 Å². The monoisotopic (exact) mass is 215 g/mol. The fourth-order valence-corrected chi connectivity index (χ4v) is 2.01. The molecule has 0 radical (unpaired) electrons. The summed E-state index contributed by atoms with van der Waals surface area (Å²) in [5, 5.41) is 0. The standard InChI is InChI=1S/C14H17NO/c1-15-10-6-5-9-13(15)11-14(16)12-7-3-2-4-8-12/h2-4,7-8,11H,5-6,9-10H2,1H3/b13-11+. The molecule has 84 valence electrons. The van der Waals surface area contributed by atoms with Crippen LogP contribution in [0.15, 0.2) is 42.1 Å². The van der Waals surface area contributed by atoms with E-state index in [9.17, 15) is 4.79 Å². The Bertz CT molecular complexity index is 394. The van der Waals surface area contributed by atoms with Gasteiger partial charge in [-0.05, 0) is 19.3 Å². The molecule has 1 heterocycles. The van der Waals surface area contributed by atoms with Gasteiger partial charge in [0.15, 0.2) is 5.78 Å². The molecule has 2 heteroatoms. The minimum atomic E-state index is 0.115. The molecule has 0 N–H and O–H groups in total. The highest BCUT2D eigenvalue weighted by Gasteiger charge is 2.12. The lowest BCUT2D eigenvalue weighted by Gasteiger charge is -2.27. The summed E-state index contributed by atoms with van der Waals surface area (Å²) in [6, 6.07) is 9.45. The first-order valence-corrected chi connectivity index (χ1v) is 5.78. The molecule has 1 fully saturated rings. The molecule has 16 heavy (non-hydrogen) atoms. The third-order valence-corrected chi connectivity index (χ3v) is 3.02. The van der Waals surface area contributed by atoms with Crippen LogP contribution < -0.4 is 0 Å². The smallest absolute Gasteiger partial charge is 0.187 e. The Hall–Kier alpha value is -1.57. The average molecular weight is 215 g/mol. The van der Waals surface area contributed by atoms with Gasteiger partial charge < -0.3 is 4.90 Å². The van der Waals surface area contributed by atoms with Gasteiger partial charge in [0.05, 0.1) is 0 Å². The molecular weight excluding hydrogens is 198 g/mol. The molecule has 1 saturated heterocycles. The second-order valence-electron chi connectivity index (χ2n) is 4.24. The maximum Gasteiger partial charge on any atom is 0.187 e. The summed E-state index contributed by atoms with van der Waals surface area (Å²) < 4.78 is 0. The molecule has 0 spiro atoms. The van der Waals surface area contributed by atoms with Crippen LogP contribution in [-0.4, -0.2) is 24.3 Å². The van der Waals surface area contributed by atoms with Gasteiger partial charge in [0, 0.05) is 30.9 Å². The SMILES string of the molecule is CN1CCCC/C1=C\C(=O)c1ccccc1. The molecule has 0 aliphatic carbocycles. The van der Waals surface area contributed by atoms with Crippen molar-refractivity contribution in [1.29, 1.82) is 0 Å². The van der Waals surface area contributed by atoms with E-state index in [4.69, 9.17) is 0 Å². The van der Waals surface area contributed by atoms with Crippen molar-refractivity contribution in [3.63, 3.8) is 0 Å². The number of carbonyl (C=O) groups excluding carboxylic acids is 1. The van der Waals surface area contributed by atoms with Crippen LogP contribution in [0.4, 0.5) is 0 Å². The highest BCUT2D eigenvalue weighted by Crippen LogP contribution is 2.19. The van der Waals surface area contributed by atoms with Crippen LogP contribution in [0.2, 0.25) is 0 Å². The molecule has 0 amide bonds. The predicted molar refractivity (Wildman–Crippen MR) is 65.3 cm³/mol. The van der Waals surface area contributed by atoms with Crippen molar-refractivity contribution in [1.82, 2.24) is 4.90 Å². The normalized spacial score (nSPS) is 18.8. The number of hydrogen-bond acceptors (Lipinski definition) is 2. The first-order valence-electron chi connectivity index (χ1n) is 5.78. The highest BCUT2D eigenvalue weighted by molar-refractivity contribution is 6.04. The van der Waals surface area contributed by atoms with Crippen molar-refractivity contribution in [2.75, 3.05) is 13.6 Å². The Labute approximate surface area is 96.6 Å². The van der Waals surface area contributed by atoms with Crippen LogP contribution in [0.5, 0.6) is 0 Å². The summed E-state index contributed by atoms with van der Waals surface area (Å²) in [6.07, 6.45) is 5.23. The number of likely N-dealkylation sites (tertiary alicyclic amines) is 1. The van der Waals surface area contributed by atoms with E-state index in [2.05, 4.69) is 11.9 Å². The van der Waals surface area contributed by atoms with Gasteiger partial charge in [0.1, 0.15) is 0 Å². The van der Waals surface area contributed by atoms with Crippen LogP contribution in [0.3, 0.4) is 0 Å². The number of carbonyl (C=O) groups is 1. The van der Waals surface area contributed by atoms with Crippen molar-refractivity contribution in [2.45, 2.75) is 19.3 Å². The van der Waals surface area contributed by atoms with Gasteiger partial charge in [-0.15, -0.1) is 0 Å². The molecule has 0 aromatic heterocycles. The van der Waals surface area contributed by atoms with Crippen LogP contribution in [0.1, 0.15) is 29.6 Å². The van der Waals surface area contributed by atoms with Gasteiger partial charge >= 0.3 is 0 Å².